The highest BCUT2D eigenvalue weighted by Gasteiger charge is 2.22. The Morgan fingerprint density at radius 1 is 0.943 bits per heavy atom. The number of nitrogens with zero attached hydrogens (tertiary/aromatic N) is 4. The van der Waals surface area contributed by atoms with Crippen molar-refractivity contribution in [2.24, 2.45) is 0 Å². The molecule has 1 N–H and O–H groups in total. The number of hydrogen-bond donors (Lipinski definition) is 1. The van der Waals surface area contributed by atoms with Gasteiger partial charge in [0.05, 0.1) is 18.9 Å². The number of hydrogen-bond acceptors (Lipinski definition) is 6. The predicted octanol–water partition coefficient (Wildman–Crippen LogP) is 4.96. The summed E-state index contributed by atoms with van der Waals surface area (Å²) in [5.41, 5.74) is 4.76. The molecule has 7 nitrogen and oxygen atoms in total. The van der Waals surface area contributed by atoms with E-state index < -0.39 is 0 Å². The molecule has 0 saturated carbocycles. The first kappa shape index (κ1) is 23.1. The highest BCUT2D eigenvalue weighted by atomic mass is 32.2. The van der Waals surface area contributed by atoms with Gasteiger partial charge in [0, 0.05) is 30.1 Å². The van der Waals surface area contributed by atoms with Gasteiger partial charge in [-0.1, -0.05) is 60.3 Å². The highest BCUT2D eigenvalue weighted by Crippen LogP contribution is 2.30. The molecule has 1 aliphatic heterocycles. The molecule has 178 valence electrons. The fraction of sp³-hybridized carbons (Fsp3) is 0.222. The lowest BCUT2D eigenvalue weighted by Gasteiger charge is -2.28. The Balaban J connectivity index is 1.32. The van der Waals surface area contributed by atoms with Crippen molar-refractivity contribution in [2.75, 3.05) is 36.5 Å². The molecule has 1 aromatic heterocycles. The number of benzene rings is 3. The van der Waals surface area contributed by atoms with E-state index in [1.165, 1.54) is 0 Å². The zero-order chi connectivity index (χ0) is 24.0. The van der Waals surface area contributed by atoms with Crippen molar-refractivity contribution in [3.05, 3.63) is 95.6 Å². The lowest BCUT2D eigenvalue weighted by atomic mass is 10.1. The normalized spacial score (nSPS) is 13.6. The van der Waals surface area contributed by atoms with Crippen molar-refractivity contribution in [2.45, 2.75) is 17.8 Å². The van der Waals surface area contributed by atoms with Crippen LogP contribution in [0.5, 0.6) is 0 Å². The minimum Gasteiger partial charge on any atom is -0.378 e. The number of carbonyl (C=O) groups excluding carboxylic acids is 1. The number of rotatable bonds is 7. The molecule has 2 heterocycles. The van der Waals surface area contributed by atoms with E-state index in [-0.39, 0.29) is 5.91 Å². The van der Waals surface area contributed by atoms with Gasteiger partial charge in [0.25, 0.3) is 5.91 Å². The van der Waals surface area contributed by atoms with Crippen LogP contribution in [0.15, 0.2) is 84.0 Å². The van der Waals surface area contributed by atoms with Gasteiger partial charge in [-0.3, -0.25) is 9.36 Å². The first-order valence-corrected chi connectivity index (χ1v) is 12.6. The number of carbonyl (C=O) groups is 1. The average molecular weight is 486 g/mol. The van der Waals surface area contributed by atoms with Gasteiger partial charge >= 0.3 is 0 Å². The van der Waals surface area contributed by atoms with Crippen molar-refractivity contribution in [1.82, 2.24) is 14.8 Å². The molecule has 0 aliphatic carbocycles. The van der Waals surface area contributed by atoms with E-state index in [0.29, 0.717) is 24.5 Å². The van der Waals surface area contributed by atoms with Crippen LogP contribution in [-0.4, -0.2) is 47.0 Å². The van der Waals surface area contributed by atoms with Crippen molar-refractivity contribution in [1.29, 1.82) is 0 Å². The second-order valence-electron chi connectivity index (χ2n) is 8.31. The molecule has 5 rings (SSSR count). The van der Waals surface area contributed by atoms with Crippen LogP contribution in [0, 0.1) is 6.92 Å². The number of aromatic nitrogens is 3. The molecule has 0 atom stereocenters. The number of nitrogens with one attached hydrogen (secondary N) is 1. The Kier molecular flexibility index (Phi) is 7.11. The molecule has 0 unspecified atom stereocenters. The van der Waals surface area contributed by atoms with E-state index in [1.807, 2.05) is 66.7 Å². The molecule has 1 aliphatic rings. The standard InChI is InChI=1S/C27H27N5O2S/c1-20-7-5-6-10-24(20)32-26(31-15-17-34-18-16-31)29-30-27(32)35-19-21-11-13-22(14-12-21)25(33)28-23-8-3-2-4-9-23/h2-14H,15-19H2,1H3,(H,28,33). The maximum Gasteiger partial charge on any atom is 0.255 e. The average Bonchev–Trinajstić information content (AvgIpc) is 3.33. The van der Waals surface area contributed by atoms with Crippen molar-refractivity contribution in [3.63, 3.8) is 0 Å². The smallest absolute Gasteiger partial charge is 0.255 e. The Hall–Kier alpha value is -3.62. The summed E-state index contributed by atoms with van der Waals surface area (Å²) >= 11 is 1.64. The molecule has 1 amide bonds. The number of ether oxygens (including phenoxy) is 1. The van der Waals surface area contributed by atoms with E-state index in [0.717, 1.165) is 46.7 Å². The van der Waals surface area contributed by atoms with E-state index in [2.05, 4.69) is 44.0 Å². The Bertz CT molecular complexity index is 1280. The van der Waals surface area contributed by atoms with E-state index in [1.54, 1.807) is 11.8 Å². The van der Waals surface area contributed by atoms with Gasteiger partial charge in [0.15, 0.2) is 5.16 Å². The Morgan fingerprint density at radius 3 is 2.40 bits per heavy atom. The fourth-order valence-electron chi connectivity index (χ4n) is 3.97. The molecule has 0 radical (unpaired) electrons. The van der Waals surface area contributed by atoms with Gasteiger partial charge in [-0.2, -0.15) is 0 Å². The van der Waals surface area contributed by atoms with Gasteiger partial charge in [-0.25, -0.2) is 0 Å². The quantitative estimate of drug-likeness (QED) is 0.373. The van der Waals surface area contributed by atoms with Crippen molar-refractivity contribution < 1.29 is 9.53 Å². The van der Waals surface area contributed by atoms with Gasteiger partial charge in [0.1, 0.15) is 0 Å². The first-order valence-electron chi connectivity index (χ1n) is 11.6. The summed E-state index contributed by atoms with van der Waals surface area (Å²) in [7, 11) is 0. The second-order valence-corrected chi connectivity index (χ2v) is 9.25. The third-order valence-electron chi connectivity index (χ3n) is 5.88. The largest absolute Gasteiger partial charge is 0.378 e. The molecule has 1 saturated heterocycles. The van der Waals surface area contributed by atoms with Crippen LogP contribution < -0.4 is 10.2 Å². The molecule has 1 fully saturated rings. The Labute approximate surface area is 209 Å². The molecule has 3 aromatic carbocycles. The van der Waals surface area contributed by atoms with Crippen LogP contribution in [0.1, 0.15) is 21.5 Å². The number of morpholine rings is 1. The van der Waals surface area contributed by atoms with Crippen LogP contribution >= 0.6 is 11.8 Å². The number of thioether (sulfide) groups is 1. The third kappa shape index (κ3) is 5.39. The third-order valence-corrected chi connectivity index (χ3v) is 6.88. The molecule has 4 aromatic rings. The number of anilines is 2. The van der Waals surface area contributed by atoms with Crippen LogP contribution in [0.25, 0.3) is 5.69 Å². The number of aryl methyl sites for hydroxylation is 1. The molecule has 8 heteroatoms. The van der Waals surface area contributed by atoms with Gasteiger partial charge in [0.2, 0.25) is 5.95 Å². The van der Waals surface area contributed by atoms with Gasteiger partial charge < -0.3 is 15.0 Å². The maximum absolute atomic E-state index is 12.5. The second kappa shape index (κ2) is 10.8. The topological polar surface area (TPSA) is 72.3 Å². The van der Waals surface area contributed by atoms with Gasteiger partial charge in [-0.05, 0) is 48.4 Å². The zero-order valence-electron chi connectivity index (χ0n) is 19.6. The molecule has 35 heavy (non-hydrogen) atoms. The Morgan fingerprint density at radius 2 is 1.66 bits per heavy atom. The van der Waals surface area contributed by atoms with Crippen LogP contribution in [0.3, 0.4) is 0 Å². The highest BCUT2D eigenvalue weighted by molar-refractivity contribution is 7.98. The zero-order valence-corrected chi connectivity index (χ0v) is 20.4. The van der Waals surface area contributed by atoms with Gasteiger partial charge in [-0.15, -0.1) is 10.2 Å². The monoisotopic (exact) mass is 485 g/mol. The van der Waals surface area contributed by atoms with Crippen molar-refractivity contribution in [3.8, 4) is 5.69 Å². The van der Waals surface area contributed by atoms with E-state index in [4.69, 9.17) is 4.74 Å². The summed E-state index contributed by atoms with van der Waals surface area (Å²) in [6.45, 7) is 5.06. The van der Waals surface area contributed by atoms with Crippen LogP contribution in [-0.2, 0) is 10.5 Å². The first-order chi connectivity index (χ1) is 17.2. The number of amides is 1. The van der Waals surface area contributed by atoms with Crippen molar-refractivity contribution >= 4 is 29.3 Å². The molecular weight excluding hydrogens is 458 g/mol. The predicted molar refractivity (Wildman–Crippen MR) is 140 cm³/mol. The summed E-state index contributed by atoms with van der Waals surface area (Å²) < 4.78 is 7.68. The SMILES string of the molecule is Cc1ccccc1-n1c(SCc2ccc(C(=O)Nc3ccccc3)cc2)nnc1N1CCOCC1. The fourth-order valence-corrected chi connectivity index (χ4v) is 4.87. The van der Waals surface area contributed by atoms with Crippen LogP contribution in [0.2, 0.25) is 0 Å². The molecular formula is C27H27N5O2S. The summed E-state index contributed by atoms with van der Waals surface area (Å²) in [6, 6.07) is 25.5. The van der Waals surface area contributed by atoms with E-state index >= 15 is 0 Å². The lowest BCUT2D eigenvalue weighted by molar-refractivity contribution is 0.102. The summed E-state index contributed by atoms with van der Waals surface area (Å²) in [5, 5.41) is 12.9. The van der Waals surface area contributed by atoms with E-state index in [9.17, 15) is 4.79 Å². The lowest BCUT2D eigenvalue weighted by Crippen LogP contribution is -2.38. The minimum atomic E-state index is -0.121. The summed E-state index contributed by atoms with van der Waals surface area (Å²) in [4.78, 5) is 14.8. The minimum absolute atomic E-state index is 0.121. The molecule has 0 bridgehead atoms. The maximum atomic E-state index is 12.5. The summed E-state index contributed by atoms with van der Waals surface area (Å²) in [5.74, 6) is 1.44. The summed E-state index contributed by atoms with van der Waals surface area (Å²) in [6.07, 6.45) is 0. The number of para-hydroxylation sites is 2. The molecule has 0 spiro atoms. The van der Waals surface area contributed by atoms with Crippen LogP contribution in [0.4, 0.5) is 11.6 Å².